The lowest BCUT2D eigenvalue weighted by Crippen LogP contribution is -2.22. The molecular formula is C15H21NO3. The van der Waals surface area contributed by atoms with Crippen molar-refractivity contribution in [1.29, 1.82) is 0 Å². The van der Waals surface area contributed by atoms with E-state index in [0.29, 0.717) is 24.0 Å². The van der Waals surface area contributed by atoms with Crippen LogP contribution in [-0.2, 0) is 11.3 Å². The lowest BCUT2D eigenvalue weighted by Gasteiger charge is -2.17. The van der Waals surface area contributed by atoms with Gasteiger partial charge in [-0.1, -0.05) is 18.6 Å². The fraction of sp³-hybridized carbons (Fsp3) is 0.533. The Balaban J connectivity index is 1.77. The molecule has 0 amide bonds. The molecule has 1 fully saturated rings. The lowest BCUT2D eigenvalue weighted by atomic mass is 9.97. The highest BCUT2D eigenvalue weighted by atomic mass is 16.5. The van der Waals surface area contributed by atoms with Crippen molar-refractivity contribution in [2.75, 3.05) is 13.2 Å². The molecule has 0 heterocycles. The summed E-state index contributed by atoms with van der Waals surface area (Å²) in [7, 11) is 0. The third-order valence-corrected chi connectivity index (χ3v) is 3.92. The summed E-state index contributed by atoms with van der Waals surface area (Å²) in [5.41, 5.74) is 7.06. The van der Waals surface area contributed by atoms with E-state index in [9.17, 15) is 4.79 Å². The van der Waals surface area contributed by atoms with Crippen molar-refractivity contribution in [2.24, 2.45) is 17.6 Å². The van der Waals surface area contributed by atoms with Crippen LogP contribution in [0.25, 0.3) is 0 Å². The molecule has 1 aromatic carbocycles. The highest BCUT2D eigenvalue weighted by molar-refractivity contribution is 5.87. The van der Waals surface area contributed by atoms with Crippen LogP contribution in [0, 0.1) is 11.8 Å². The number of carboxylic acids is 1. The maximum Gasteiger partial charge on any atom is 0.335 e. The molecule has 2 rings (SSSR count). The van der Waals surface area contributed by atoms with Crippen LogP contribution >= 0.6 is 0 Å². The van der Waals surface area contributed by atoms with Gasteiger partial charge >= 0.3 is 5.97 Å². The first-order chi connectivity index (χ1) is 9.20. The van der Waals surface area contributed by atoms with E-state index in [1.54, 1.807) is 24.3 Å². The number of carbonyl (C=O) groups is 1. The highest BCUT2D eigenvalue weighted by Gasteiger charge is 2.25. The van der Waals surface area contributed by atoms with Crippen LogP contribution < -0.4 is 5.73 Å². The zero-order chi connectivity index (χ0) is 13.7. The molecule has 0 aliphatic heterocycles. The largest absolute Gasteiger partial charge is 0.478 e. The predicted molar refractivity (Wildman–Crippen MR) is 72.9 cm³/mol. The molecule has 4 nitrogen and oxygen atoms in total. The van der Waals surface area contributed by atoms with Crippen molar-refractivity contribution in [1.82, 2.24) is 0 Å². The zero-order valence-electron chi connectivity index (χ0n) is 11.0. The quantitative estimate of drug-likeness (QED) is 0.826. The number of benzene rings is 1. The lowest BCUT2D eigenvalue weighted by molar-refractivity contribution is 0.0695. The molecule has 0 bridgehead atoms. The van der Waals surface area contributed by atoms with Gasteiger partial charge in [0.1, 0.15) is 0 Å². The fourth-order valence-electron chi connectivity index (χ4n) is 2.72. The van der Waals surface area contributed by atoms with E-state index in [1.165, 1.54) is 19.3 Å². The van der Waals surface area contributed by atoms with Gasteiger partial charge in [0.25, 0.3) is 0 Å². The van der Waals surface area contributed by atoms with Crippen molar-refractivity contribution in [3.8, 4) is 0 Å². The number of hydrogen-bond acceptors (Lipinski definition) is 3. The molecule has 19 heavy (non-hydrogen) atoms. The second-order valence-electron chi connectivity index (χ2n) is 5.20. The van der Waals surface area contributed by atoms with Gasteiger partial charge < -0.3 is 15.6 Å². The van der Waals surface area contributed by atoms with Gasteiger partial charge in [0, 0.05) is 0 Å². The van der Waals surface area contributed by atoms with E-state index in [1.807, 2.05) is 0 Å². The summed E-state index contributed by atoms with van der Waals surface area (Å²) in [6.45, 7) is 2.04. The summed E-state index contributed by atoms with van der Waals surface area (Å²) in [6, 6.07) is 6.83. The Morgan fingerprint density at radius 2 is 1.95 bits per heavy atom. The monoisotopic (exact) mass is 263 g/mol. The van der Waals surface area contributed by atoms with Crippen LogP contribution in [0.3, 0.4) is 0 Å². The Kier molecular flexibility index (Phi) is 4.93. The Hall–Kier alpha value is -1.39. The van der Waals surface area contributed by atoms with Crippen LogP contribution in [0.15, 0.2) is 24.3 Å². The number of carboxylic acid groups (broad SMARTS) is 1. The number of nitrogens with two attached hydrogens (primary N) is 1. The van der Waals surface area contributed by atoms with Crippen LogP contribution in [0.4, 0.5) is 0 Å². The molecule has 2 unspecified atom stereocenters. The summed E-state index contributed by atoms with van der Waals surface area (Å²) in [5.74, 6) is 0.293. The van der Waals surface area contributed by atoms with E-state index in [4.69, 9.17) is 15.6 Å². The average molecular weight is 263 g/mol. The van der Waals surface area contributed by atoms with Crippen LogP contribution in [-0.4, -0.2) is 24.2 Å². The molecule has 1 saturated carbocycles. The van der Waals surface area contributed by atoms with Crippen LogP contribution in [0.1, 0.15) is 35.2 Å². The molecule has 0 radical (unpaired) electrons. The second-order valence-corrected chi connectivity index (χ2v) is 5.20. The third kappa shape index (κ3) is 3.78. The van der Waals surface area contributed by atoms with E-state index >= 15 is 0 Å². The SMILES string of the molecule is NCC1CCCC1COCc1ccc(C(=O)O)cc1. The normalized spacial score (nSPS) is 22.6. The predicted octanol–water partition coefficient (Wildman–Crippen LogP) is 2.28. The summed E-state index contributed by atoms with van der Waals surface area (Å²) < 4.78 is 5.73. The minimum absolute atomic E-state index is 0.308. The first kappa shape index (κ1) is 14.0. The molecule has 104 valence electrons. The maximum atomic E-state index is 10.7. The van der Waals surface area contributed by atoms with Crippen LogP contribution in [0.5, 0.6) is 0 Å². The summed E-state index contributed by atoms with van der Waals surface area (Å²) in [4.78, 5) is 10.7. The minimum Gasteiger partial charge on any atom is -0.478 e. The second kappa shape index (κ2) is 6.68. The van der Waals surface area contributed by atoms with E-state index in [-0.39, 0.29) is 0 Å². The summed E-state index contributed by atoms with van der Waals surface area (Å²) in [5, 5.41) is 8.81. The average Bonchev–Trinajstić information content (AvgIpc) is 2.87. The number of ether oxygens (including phenoxy) is 1. The number of hydrogen-bond donors (Lipinski definition) is 2. The highest BCUT2D eigenvalue weighted by Crippen LogP contribution is 2.31. The van der Waals surface area contributed by atoms with Crippen molar-refractivity contribution >= 4 is 5.97 Å². The van der Waals surface area contributed by atoms with Crippen molar-refractivity contribution < 1.29 is 14.6 Å². The van der Waals surface area contributed by atoms with Gasteiger partial charge in [-0.2, -0.15) is 0 Å². The van der Waals surface area contributed by atoms with E-state index in [2.05, 4.69) is 0 Å². The third-order valence-electron chi connectivity index (χ3n) is 3.92. The first-order valence-corrected chi connectivity index (χ1v) is 6.80. The maximum absolute atomic E-state index is 10.7. The molecule has 3 N–H and O–H groups in total. The molecule has 0 spiro atoms. The fourth-order valence-corrected chi connectivity index (χ4v) is 2.72. The molecular weight excluding hydrogens is 242 g/mol. The smallest absolute Gasteiger partial charge is 0.335 e. The minimum atomic E-state index is -0.899. The zero-order valence-corrected chi connectivity index (χ0v) is 11.0. The molecule has 1 aromatic rings. The van der Waals surface area contributed by atoms with Gasteiger partial charge in [-0.05, 0) is 48.9 Å². The van der Waals surface area contributed by atoms with Crippen molar-refractivity contribution in [3.05, 3.63) is 35.4 Å². The Morgan fingerprint density at radius 1 is 1.26 bits per heavy atom. The van der Waals surface area contributed by atoms with Crippen molar-refractivity contribution in [2.45, 2.75) is 25.9 Å². The van der Waals surface area contributed by atoms with Gasteiger partial charge in [0.2, 0.25) is 0 Å². The summed E-state index contributed by atoms with van der Waals surface area (Å²) >= 11 is 0. The Labute approximate surface area is 113 Å². The Morgan fingerprint density at radius 3 is 2.58 bits per heavy atom. The van der Waals surface area contributed by atoms with E-state index in [0.717, 1.165) is 18.7 Å². The summed E-state index contributed by atoms with van der Waals surface area (Å²) in [6.07, 6.45) is 3.68. The van der Waals surface area contributed by atoms with Crippen molar-refractivity contribution in [3.63, 3.8) is 0 Å². The van der Waals surface area contributed by atoms with Gasteiger partial charge in [-0.3, -0.25) is 0 Å². The molecule has 4 heteroatoms. The van der Waals surface area contributed by atoms with Gasteiger partial charge in [0.05, 0.1) is 18.8 Å². The molecule has 1 aliphatic rings. The topological polar surface area (TPSA) is 72.5 Å². The van der Waals surface area contributed by atoms with Gasteiger partial charge in [-0.15, -0.1) is 0 Å². The molecule has 0 saturated heterocycles. The van der Waals surface area contributed by atoms with Gasteiger partial charge in [0.15, 0.2) is 0 Å². The molecule has 2 atom stereocenters. The number of rotatable bonds is 6. The standard InChI is InChI=1S/C15H21NO3/c16-8-13-2-1-3-14(13)10-19-9-11-4-6-12(7-5-11)15(17)18/h4-7,13-14H,1-3,8-10,16H2,(H,17,18). The number of aromatic carboxylic acids is 1. The first-order valence-electron chi connectivity index (χ1n) is 6.80. The Bertz CT molecular complexity index is 416. The van der Waals surface area contributed by atoms with Gasteiger partial charge in [-0.25, -0.2) is 4.79 Å². The van der Waals surface area contributed by atoms with E-state index < -0.39 is 5.97 Å². The molecule has 0 aromatic heterocycles. The van der Waals surface area contributed by atoms with Crippen LogP contribution in [0.2, 0.25) is 0 Å². The molecule has 1 aliphatic carbocycles.